The Hall–Kier alpha value is -0.610. The number of piperazine rings is 1. The first-order valence-corrected chi connectivity index (χ1v) is 10.6. The van der Waals surface area contributed by atoms with E-state index in [2.05, 4.69) is 42.8 Å². The van der Waals surface area contributed by atoms with Gasteiger partial charge in [0.1, 0.15) is 0 Å². The molecule has 2 atom stereocenters. The molecule has 1 aromatic carbocycles. The molecule has 2 aliphatic heterocycles. The van der Waals surface area contributed by atoms with Gasteiger partial charge in [-0.2, -0.15) is 0 Å². The Morgan fingerprint density at radius 3 is 2.62 bits per heavy atom. The SMILES string of the molecule is CC(C)[C@H]1C[C@@](CCN2CCN(C)CC2)(Cc2ccccc2Cl)CCO1. The van der Waals surface area contributed by atoms with Crippen LogP contribution in [0.2, 0.25) is 5.02 Å². The average molecular weight is 379 g/mol. The monoisotopic (exact) mass is 378 g/mol. The fraction of sp³-hybridized carbons (Fsp3) is 0.727. The van der Waals surface area contributed by atoms with E-state index in [0.717, 1.165) is 30.9 Å². The van der Waals surface area contributed by atoms with Gasteiger partial charge in [-0.3, -0.25) is 0 Å². The smallest absolute Gasteiger partial charge is 0.0603 e. The second-order valence-corrected chi connectivity index (χ2v) is 9.18. The van der Waals surface area contributed by atoms with Crippen LogP contribution in [0, 0.1) is 11.3 Å². The third-order valence-electron chi connectivity index (χ3n) is 6.42. The van der Waals surface area contributed by atoms with Crippen molar-refractivity contribution >= 4 is 11.6 Å². The van der Waals surface area contributed by atoms with Crippen molar-refractivity contribution in [1.29, 1.82) is 0 Å². The molecule has 2 fully saturated rings. The number of hydrogen-bond donors (Lipinski definition) is 0. The molecular weight excluding hydrogens is 344 g/mol. The summed E-state index contributed by atoms with van der Waals surface area (Å²) in [5, 5.41) is 0.916. The molecule has 26 heavy (non-hydrogen) atoms. The second-order valence-electron chi connectivity index (χ2n) is 8.77. The third kappa shape index (κ3) is 5.22. The lowest BCUT2D eigenvalue weighted by Crippen LogP contribution is -2.47. The van der Waals surface area contributed by atoms with Gasteiger partial charge in [-0.25, -0.2) is 0 Å². The predicted molar refractivity (Wildman–Crippen MR) is 110 cm³/mol. The van der Waals surface area contributed by atoms with Gasteiger partial charge in [-0.05, 0) is 62.2 Å². The molecule has 2 heterocycles. The summed E-state index contributed by atoms with van der Waals surface area (Å²) in [4.78, 5) is 5.08. The van der Waals surface area contributed by atoms with E-state index in [1.807, 2.05) is 12.1 Å². The number of ether oxygens (including phenoxy) is 1. The van der Waals surface area contributed by atoms with Crippen molar-refractivity contribution in [2.24, 2.45) is 11.3 Å². The predicted octanol–water partition coefficient (Wildman–Crippen LogP) is 4.34. The van der Waals surface area contributed by atoms with E-state index in [-0.39, 0.29) is 0 Å². The van der Waals surface area contributed by atoms with Gasteiger partial charge in [0.25, 0.3) is 0 Å². The Kier molecular flexibility index (Phi) is 7.01. The number of likely N-dealkylation sites (N-methyl/N-ethyl adjacent to an activating group) is 1. The van der Waals surface area contributed by atoms with E-state index in [1.54, 1.807) is 0 Å². The highest BCUT2D eigenvalue weighted by Crippen LogP contribution is 2.43. The molecule has 0 aromatic heterocycles. The number of nitrogens with zero attached hydrogens (tertiary/aromatic N) is 2. The molecule has 3 rings (SSSR count). The first-order chi connectivity index (χ1) is 12.5. The van der Waals surface area contributed by atoms with Crippen molar-refractivity contribution in [2.45, 2.75) is 45.6 Å². The first kappa shape index (κ1) is 20.1. The van der Waals surface area contributed by atoms with Gasteiger partial charge in [0.2, 0.25) is 0 Å². The molecule has 2 aliphatic rings. The Morgan fingerprint density at radius 1 is 1.19 bits per heavy atom. The summed E-state index contributed by atoms with van der Waals surface area (Å²) in [5.74, 6) is 0.574. The summed E-state index contributed by atoms with van der Waals surface area (Å²) < 4.78 is 6.12. The minimum absolute atomic E-state index is 0.307. The van der Waals surface area contributed by atoms with Crippen LogP contribution in [0.5, 0.6) is 0 Å². The van der Waals surface area contributed by atoms with E-state index in [4.69, 9.17) is 16.3 Å². The van der Waals surface area contributed by atoms with Crippen molar-refractivity contribution < 1.29 is 4.74 Å². The van der Waals surface area contributed by atoms with Gasteiger partial charge in [-0.15, -0.1) is 0 Å². The highest BCUT2D eigenvalue weighted by molar-refractivity contribution is 6.31. The summed E-state index contributed by atoms with van der Waals surface area (Å²) in [7, 11) is 2.22. The minimum atomic E-state index is 0.307. The summed E-state index contributed by atoms with van der Waals surface area (Å²) in [6.07, 6.45) is 5.00. The molecule has 0 bridgehead atoms. The van der Waals surface area contributed by atoms with Crippen LogP contribution in [0.15, 0.2) is 24.3 Å². The normalized spacial score (nSPS) is 28.6. The maximum atomic E-state index is 6.52. The van der Waals surface area contributed by atoms with Gasteiger partial charge in [0, 0.05) is 37.8 Å². The van der Waals surface area contributed by atoms with E-state index >= 15 is 0 Å². The standard InChI is InChI=1S/C22H35ClN2O/c1-18(2)21-17-22(9-15-26-21,16-19-6-4-5-7-20(19)23)8-10-25-13-11-24(3)12-14-25/h4-7,18,21H,8-17H2,1-3H3/t21-,22-/m1/s1. The molecule has 0 amide bonds. The maximum Gasteiger partial charge on any atom is 0.0603 e. The number of rotatable bonds is 6. The molecule has 0 unspecified atom stereocenters. The Balaban J connectivity index is 1.71. The summed E-state index contributed by atoms with van der Waals surface area (Å²) >= 11 is 6.52. The van der Waals surface area contributed by atoms with Crippen molar-refractivity contribution in [2.75, 3.05) is 46.4 Å². The van der Waals surface area contributed by atoms with Gasteiger partial charge >= 0.3 is 0 Å². The third-order valence-corrected chi connectivity index (χ3v) is 6.79. The van der Waals surface area contributed by atoms with E-state index in [1.165, 1.54) is 44.7 Å². The van der Waals surface area contributed by atoms with Crippen LogP contribution in [-0.4, -0.2) is 62.3 Å². The molecule has 0 saturated carbocycles. The highest BCUT2D eigenvalue weighted by Gasteiger charge is 2.38. The largest absolute Gasteiger partial charge is 0.378 e. The molecule has 1 aromatic rings. The van der Waals surface area contributed by atoms with Gasteiger partial charge in [0.15, 0.2) is 0 Å². The quantitative estimate of drug-likeness (QED) is 0.732. The fourth-order valence-electron chi connectivity index (χ4n) is 4.43. The Labute approximate surface area is 164 Å². The van der Waals surface area contributed by atoms with Gasteiger partial charge in [0.05, 0.1) is 6.10 Å². The van der Waals surface area contributed by atoms with Crippen LogP contribution in [0.3, 0.4) is 0 Å². The summed E-state index contributed by atoms with van der Waals surface area (Å²) in [5.41, 5.74) is 1.61. The lowest BCUT2D eigenvalue weighted by molar-refractivity contribution is -0.0748. The molecule has 0 spiro atoms. The minimum Gasteiger partial charge on any atom is -0.378 e. The van der Waals surface area contributed by atoms with Crippen molar-refractivity contribution in [3.63, 3.8) is 0 Å². The first-order valence-electron chi connectivity index (χ1n) is 10.2. The molecule has 146 valence electrons. The van der Waals surface area contributed by atoms with Crippen LogP contribution in [-0.2, 0) is 11.2 Å². The summed E-state index contributed by atoms with van der Waals surface area (Å²) in [6, 6.07) is 8.39. The zero-order chi connectivity index (χ0) is 18.6. The lowest BCUT2D eigenvalue weighted by atomic mass is 9.69. The number of halogens is 1. The topological polar surface area (TPSA) is 15.7 Å². The highest BCUT2D eigenvalue weighted by atomic mass is 35.5. The zero-order valence-electron chi connectivity index (χ0n) is 16.7. The Morgan fingerprint density at radius 2 is 1.92 bits per heavy atom. The average Bonchev–Trinajstić information content (AvgIpc) is 2.63. The van der Waals surface area contributed by atoms with Crippen molar-refractivity contribution in [3.8, 4) is 0 Å². The molecule has 4 heteroatoms. The fourth-order valence-corrected chi connectivity index (χ4v) is 4.63. The summed E-state index contributed by atoms with van der Waals surface area (Å²) in [6.45, 7) is 11.4. The zero-order valence-corrected chi connectivity index (χ0v) is 17.5. The molecule has 0 radical (unpaired) electrons. The van der Waals surface area contributed by atoms with Gasteiger partial charge in [-0.1, -0.05) is 43.6 Å². The Bertz CT molecular complexity index is 571. The van der Waals surface area contributed by atoms with Crippen LogP contribution >= 0.6 is 11.6 Å². The lowest BCUT2D eigenvalue weighted by Gasteiger charge is -2.44. The van der Waals surface area contributed by atoms with Crippen LogP contribution in [0.4, 0.5) is 0 Å². The number of benzene rings is 1. The van der Waals surface area contributed by atoms with Crippen molar-refractivity contribution in [1.82, 2.24) is 9.80 Å². The second kappa shape index (κ2) is 9.05. The maximum absolute atomic E-state index is 6.52. The van der Waals surface area contributed by atoms with Crippen LogP contribution in [0.1, 0.15) is 38.7 Å². The molecule has 3 nitrogen and oxygen atoms in total. The van der Waals surface area contributed by atoms with E-state index in [9.17, 15) is 0 Å². The van der Waals surface area contributed by atoms with E-state index in [0.29, 0.717) is 17.4 Å². The van der Waals surface area contributed by atoms with Crippen LogP contribution in [0.25, 0.3) is 0 Å². The van der Waals surface area contributed by atoms with Crippen LogP contribution < -0.4 is 0 Å². The molecule has 0 N–H and O–H groups in total. The molecule has 0 aliphatic carbocycles. The van der Waals surface area contributed by atoms with E-state index < -0.39 is 0 Å². The van der Waals surface area contributed by atoms with Crippen molar-refractivity contribution in [3.05, 3.63) is 34.9 Å². The molecule has 2 saturated heterocycles. The molecular formula is C22H35ClN2O. The number of hydrogen-bond acceptors (Lipinski definition) is 3. The van der Waals surface area contributed by atoms with Gasteiger partial charge < -0.3 is 14.5 Å².